The van der Waals surface area contributed by atoms with Gasteiger partial charge in [-0.15, -0.1) is 0 Å². The summed E-state index contributed by atoms with van der Waals surface area (Å²) in [5, 5.41) is 15.2. The summed E-state index contributed by atoms with van der Waals surface area (Å²) in [6.07, 6.45) is 3.42. The van der Waals surface area contributed by atoms with Crippen molar-refractivity contribution in [1.82, 2.24) is 9.99 Å². The number of amides is 1. The second-order valence-electron chi connectivity index (χ2n) is 5.69. The van der Waals surface area contributed by atoms with Gasteiger partial charge in [0.2, 0.25) is 0 Å². The molecule has 126 valence electrons. The predicted molar refractivity (Wildman–Crippen MR) is 97.0 cm³/mol. The van der Waals surface area contributed by atoms with Gasteiger partial charge in [-0.1, -0.05) is 60.7 Å². The molecular formula is C20H19N3O2. The number of aliphatic hydroxyl groups is 1. The van der Waals surface area contributed by atoms with Crippen LogP contribution in [0.25, 0.3) is 0 Å². The molecule has 0 spiro atoms. The Morgan fingerprint density at radius 2 is 1.56 bits per heavy atom. The summed E-state index contributed by atoms with van der Waals surface area (Å²) in [5.74, 6) is -0.615. The first-order chi connectivity index (χ1) is 12.1. The second kappa shape index (κ2) is 7.15. The largest absolute Gasteiger partial charge is 0.372 e. The highest BCUT2D eigenvalue weighted by Crippen LogP contribution is 2.29. The highest BCUT2D eigenvalue weighted by Gasteiger charge is 2.39. The third-order valence-electron chi connectivity index (χ3n) is 4.06. The van der Waals surface area contributed by atoms with E-state index in [0.717, 1.165) is 5.69 Å². The van der Waals surface area contributed by atoms with Gasteiger partial charge in [0.25, 0.3) is 5.91 Å². The topological polar surface area (TPSA) is 66.6 Å². The van der Waals surface area contributed by atoms with Crippen LogP contribution in [0.3, 0.4) is 0 Å². The summed E-state index contributed by atoms with van der Waals surface area (Å²) in [5.41, 5.74) is 2.42. The molecule has 0 bridgehead atoms. The van der Waals surface area contributed by atoms with Crippen molar-refractivity contribution in [2.75, 3.05) is 0 Å². The van der Waals surface area contributed by atoms with E-state index in [1.807, 2.05) is 42.1 Å². The Balaban J connectivity index is 1.91. The zero-order chi connectivity index (χ0) is 17.7. The van der Waals surface area contributed by atoms with Crippen molar-refractivity contribution in [3.8, 4) is 0 Å². The van der Waals surface area contributed by atoms with Crippen LogP contribution < -0.4 is 5.43 Å². The van der Waals surface area contributed by atoms with Crippen molar-refractivity contribution in [2.24, 2.45) is 12.1 Å². The lowest BCUT2D eigenvalue weighted by Gasteiger charge is -2.27. The Morgan fingerprint density at radius 3 is 2.04 bits per heavy atom. The quantitative estimate of drug-likeness (QED) is 0.556. The van der Waals surface area contributed by atoms with E-state index in [2.05, 4.69) is 10.5 Å². The number of aryl methyl sites for hydroxylation is 1. The molecule has 3 aromatic rings. The molecule has 1 amide bonds. The number of aromatic nitrogens is 1. The average Bonchev–Trinajstić information content (AvgIpc) is 3.07. The minimum absolute atomic E-state index is 0.479. The Labute approximate surface area is 146 Å². The third-order valence-corrected chi connectivity index (χ3v) is 4.06. The Bertz CT molecular complexity index is 831. The number of hydrazone groups is 1. The van der Waals surface area contributed by atoms with Gasteiger partial charge in [-0.2, -0.15) is 5.10 Å². The number of rotatable bonds is 5. The number of carbonyl (C=O) groups excluding carboxylic acids is 1. The second-order valence-corrected chi connectivity index (χ2v) is 5.69. The van der Waals surface area contributed by atoms with Crippen molar-refractivity contribution in [3.05, 3.63) is 95.8 Å². The number of hydrogen-bond donors (Lipinski definition) is 2. The smallest absolute Gasteiger partial charge is 0.281 e. The van der Waals surface area contributed by atoms with Gasteiger partial charge in [-0.25, -0.2) is 5.43 Å². The zero-order valence-electron chi connectivity index (χ0n) is 13.8. The average molecular weight is 333 g/mol. The minimum atomic E-state index is -1.83. The molecule has 0 saturated heterocycles. The molecule has 5 heteroatoms. The first-order valence-electron chi connectivity index (χ1n) is 7.90. The first kappa shape index (κ1) is 16.7. The van der Waals surface area contributed by atoms with Crippen LogP contribution >= 0.6 is 0 Å². The molecule has 2 aromatic carbocycles. The highest BCUT2D eigenvalue weighted by molar-refractivity contribution is 5.91. The fraction of sp³-hybridized carbons (Fsp3) is 0.100. The molecule has 0 radical (unpaired) electrons. The maximum atomic E-state index is 12.8. The zero-order valence-corrected chi connectivity index (χ0v) is 13.8. The lowest BCUT2D eigenvalue weighted by atomic mass is 9.85. The van der Waals surface area contributed by atoms with Gasteiger partial charge in [0, 0.05) is 13.2 Å². The summed E-state index contributed by atoms with van der Waals surface area (Å²) in [6.45, 7) is 0. The third kappa shape index (κ3) is 3.36. The van der Waals surface area contributed by atoms with Crippen LogP contribution in [0.5, 0.6) is 0 Å². The van der Waals surface area contributed by atoms with Gasteiger partial charge >= 0.3 is 0 Å². The Hall–Kier alpha value is -3.18. The van der Waals surface area contributed by atoms with Crippen LogP contribution in [0.15, 0.2) is 84.1 Å². The number of hydrogen-bond acceptors (Lipinski definition) is 3. The molecule has 1 heterocycles. The molecule has 0 aliphatic heterocycles. The van der Waals surface area contributed by atoms with E-state index >= 15 is 0 Å². The van der Waals surface area contributed by atoms with Crippen LogP contribution in [0.2, 0.25) is 0 Å². The van der Waals surface area contributed by atoms with E-state index in [9.17, 15) is 9.90 Å². The van der Waals surface area contributed by atoms with E-state index in [4.69, 9.17) is 0 Å². The maximum Gasteiger partial charge on any atom is 0.281 e. The van der Waals surface area contributed by atoms with Gasteiger partial charge in [0.05, 0.1) is 11.9 Å². The summed E-state index contributed by atoms with van der Waals surface area (Å²) in [4.78, 5) is 12.8. The normalized spacial score (nSPS) is 11.6. The molecule has 0 aliphatic carbocycles. The Morgan fingerprint density at radius 1 is 1.00 bits per heavy atom. The highest BCUT2D eigenvalue weighted by atomic mass is 16.3. The molecule has 0 saturated carbocycles. The van der Waals surface area contributed by atoms with E-state index in [-0.39, 0.29) is 0 Å². The lowest BCUT2D eigenvalue weighted by Crippen LogP contribution is -2.43. The molecule has 25 heavy (non-hydrogen) atoms. The van der Waals surface area contributed by atoms with E-state index in [1.165, 1.54) is 6.21 Å². The minimum Gasteiger partial charge on any atom is -0.372 e. The van der Waals surface area contributed by atoms with Crippen LogP contribution in [0.1, 0.15) is 16.8 Å². The van der Waals surface area contributed by atoms with Gasteiger partial charge < -0.3 is 9.67 Å². The predicted octanol–water partition coefficient (Wildman–Crippen LogP) is 2.41. The number of benzene rings is 2. The summed E-state index contributed by atoms with van der Waals surface area (Å²) < 4.78 is 1.87. The summed E-state index contributed by atoms with van der Waals surface area (Å²) in [7, 11) is 1.88. The molecule has 0 fully saturated rings. The van der Waals surface area contributed by atoms with Crippen molar-refractivity contribution in [2.45, 2.75) is 5.60 Å². The summed E-state index contributed by atoms with van der Waals surface area (Å²) in [6, 6.07) is 21.4. The molecule has 1 aromatic heterocycles. The molecular weight excluding hydrogens is 314 g/mol. The van der Waals surface area contributed by atoms with E-state index in [1.54, 1.807) is 48.5 Å². The van der Waals surface area contributed by atoms with Gasteiger partial charge in [-0.05, 0) is 23.3 Å². The standard InChI is InChI=1S/C20H19N3O2/c1-23-14-8-13-18(23)15-21-22-19(24)20(25,16-9-4-2-5-10-16)17-11-6-3-7-12-17/h2-15,25H,1H3,(H,22,24). The van der Waals surface area contributed by atoms with Crippen molar-refractivity contribution in [3.63, 3.8) is 0 Å². The van der Waals surface area contributed by atoms with Crippen LogP contribution in [-0.4, -0.2) is 21.8 Å². The van der Waals surface area contributed by atoms with Gasteiger partial charge in [0.15, 0.2) is 5.60 Å². The van der Waals surface area contributed by atoms with Crippen LogP contribution in [-0.2, 0) is 17.4 Å². The maximum absolute atomic E-state index is 12.8. The monoisotopic (exact) mass is 333 g/mol. The Kier molecular flexibility index (Phi) is 4.77. The fourth-order valence-corrected chi connectivity index (χ4v) is 2.63. The molecule has 2 N–H and O–H groups in total. The number of carbonyl (C=O) groups is 1. The fourth-order valence-electron chi connectivity index (χ4n) is 2.63. The molecule has 5 nitrogen and oxygen atoms in total. The van der Waals surface area contributed by atoms with Crippen molar-refractivity contribution < 1.29 is 9.90 Å². The van der Waals surface area contributed by atoms with Crippen LogP contribution in [0.4, 0.5) is 0 Å². The number of nitrogens with zero attached hydrogens (tertiary/aromatic N) is 2. The van der Waals surface area contributed by atoms with E-state index in [0.29, 0.717) is 11.1 Å². The SMILES string of the molecule is Cn1cccc1C=NNC(=O)C(O)(c1ccccc1)c1ccccc1. The summed E-state index contributed by atoms with van der Waals surface area (Å²) >= 11 is 0. The molecule has 0 atom stereocenters. The van der Waals surface area contributed by atoms with E-state index < -0.39 is 11.5 Å². The molecule has 0 aliphatic rings. The molecule has 0 unspecified atom stereocenters. The number of nitrogens with one attached hydrogen (secondary N) is 1. The lowest BCUT2D eigenvalue weighted by molar-refractivity contribution is -0.136. The van der Waals surface area contributed by atoms with Crippen molar-refractivity contribution in [1.29, 1.82) is 0 Å². The van der Waals surface area contributed by atoms with Crippen LogP contribution in [0, 0.1) is 0 Å². The van der Waals surface area contributed by atoms with Crippen molar-refractivity contribution >= 4 is 12.1 Å². The first-order valence-corrected chi connectivity index (χ1v) is 7.90. The molecule has 3 rings (SSSR count). The van der Waals surface area contributed by atoms with Gasteiger partial charge in [0.1, 0.15) is 0 Å². The van der Waals surface area contributed by atoms with Gasteiger partial charge in [-0.3, -0.25) is 4.79 Å².